The predicted octanol–water partition coefficient (Wildman–Crippen LogP) is 5.06. The summed E-state index contributed by atoms with van der Waals surface area (Å²) in [6.45, 7) is 6.08. The van der Waals surface area contributed by atoms with Gasteiger partial charge in [0.25, 0.3) is 0 Å². The van der Waals surface area contributed by atoms with Gasteiger partial charge in [-0.3, -0.25) is 0 Å². The molecule has 1 spiro atoms. The second-order valence-electron chi connectivity index (χ2n) is 7.89. The number of ether oxygens (including phenoxy) is 2. The highest BCUT2D eigenvalue weighted by Gasteiger charge is 2.40. The third kappa shape index (κ3) is 6.03. The molecule has 2 fully saturated rings. The summed E-state index contributed by atoms with van der Waals surface area (Å²) >= 11 is 0. The van der Waals surface area contributed by atoms with E-state index in [0.717, 1.165) is 38.9 Å². The number of hydrogen-bond acceptors (Lipinski definition) is 3. The molecule has 136 valence electrons. The first-order chi connectivity index (χ1) is 11.2. The van der Waals surface area contributed by atoms with E-state index in [0.29, 0.717) is 11.3 Å². The smallest absolute Gasteiger partial charge is 0.160 e. The first-order valence-corrected chi connectivity index (χ1v) is 10.1. The Balaban J connectivity index is 1.80. The van der Waals surface area contributed by atoms with Gasteiger partial charge in [0.1, 0.15) is 0 Å². The summed E-state index contributed by atoms with van der Waals surface area (Å²) in [6.07, 6.45) is 14.1. The average Bonchev–Trinajstić information content (AvgIpc) is 2.58. The van der Waals surface area contributed by atoms with Crippen molar-refractivity contribution in [1.82, 2.24) is 0 Å². The summed E-state index contributed by atoms with van der Waals surface area (Å²) in [5, 5.41) is 9.76. The second-order valence-corrected chi connectivity index (χ2v) is 7.89. The van der Waals surface area contributed by atoms with E-state index in [1.807, 2.05) is 0 Å². The maximum absolute atomic E-state index is 9.76. The standard InChI is InChI=1S/C20H38O3/c1-3-5-15-22-19(23-16-6-4-2)17-7-11-20(12-8-17)13-9-18(21)10-14-20/h17-19,21H,3-16H2,1-2H3. The van der Waals surface area contributed by atoms with E-state index in [4.69, 9.17) is 9.47 Å². The van der Waals surface area contributed by atoms with E-state index in [-0.39, 0.29) is 12.4 Å². The molecule has 3 heteroatoms. The summed E-state index contributed by atoms with van der Waals surface area (Å²) < 4.78 is 12.2. The summed E-state index contributed by atoms with van der Waals surface area (Å²) in [4.78, 5) is 0. The van der Waals surface area contributed by atoms with E-state index >= 15 is 0 Å². The normalized spacial score (nSPS) is 31.8. The van der Waals surface area contributed by atoms with Crippen molar-refractivity contribution in [3.63, 3.8) is 0 Å². The largest absolute Gasteiger partial charge is 0.393 e. The van der Waals surface area contributed by atoms with Crippen molar-refractivity contribution in [1.29, 1.82) is 0 Å². The number of rotatable bonds is 9. The lowest BCUT2D eigenvalue weighted by Crippen LogP contribution is -2.38. The molecule has 0 saturated heterocycles. The van der Waals surface area contributed by atoms with Crippen molar-refractivity contribution in [2.24, 2.45) is 11.3 Å². The number of hydrogen-bond donors (Lipinski definition) is 1. The first kappa shape index (κ1) is 19.2. The van der Waals surface area contributed by atoms with Crippen LogP contribution in [0.15, 0.2) is 0 Å². The first-order valence-electron chi connectivity index (χ1n) is 10.1. The van der Waals surface area contributed by atoms with Crippen LogP contribution in [0, 0.1) is 11.3 Å². The Kier molecular flexibility index (Phi) is 8.35. The Morgan fingerprint density at radius 2 is 1.35 bits per heavy atom. The van der Waals surface area contributed by atoms with Crippen LogP contribution in [0.25, 0.3) is 0 Å². The minimum Gasteiger partial charge on any atom is -0.393 e. The van der Waals surface area contributed by atoms with Gasteiger partial charge < -0.3 is 14.6 Å². The summed E-state index contributed by atoms with van der Waals surface area (Å²) in [5.41, 5.74) is 0.521. The topological polar surface area (TPSA) is 38.7 Å². The molecule has 0 aromatic heterocycles. The number of aliphatic hydroxyl groups is 1. The van der Waals surface area contributed by atoms with Crippen LogP contribution in [0.2, 0.25) is 0 Å². The van der Waals surface area contributed by atoms with Crippen LogP contribution in [0.3, 0.4) is 0 Å². The van der Waals surface area contributed by atoms with Gasteiger partial charge in [-0.25, -0.2) is 0 Å². The average molecular weight is 327 g/mol. The Hall–Kier alpha value is -0.120. The summed E-state index contributed by atoms with van der Waals surface area (Å²) in [6, 6.07) is 0. The third-order valence-corrected chi connectivity index (χ3v) is 6.05. The van der Waals surface area contributed by atoms with Gasteiger partial charge in [-0.05, 0) is 69.6 Å². The molecule has 2 rings (SSSR count). The minimum absolute atomic E-state index is 0.0135. The van der Waals surface area contributed by atoms with Crippen LogP contribution in [-0.4, -0.2) is 30.7 Å². The minimum atomic E-state index is -0.0409. The van der Waals surface area contributed by atoms with Crippen molar-refractivity contribution in [2.75, 3.05) is 13.2 Å². The fourth-order valence-electron chi connectivity index (χ4n) is 4.25. The second kappa shape index (κ2) is 10.0. The molecule has 0 aromatic rings. The van der Waals surface area contributed by atoms with Crippen molar-refractivity contribution in [2.45, 2.75) is 103 Å². The molecular formula is C20H38O3. The molecule has 0 heterocycles. The summed E-state index contributed by atoms with van der Waals surface area (Å²) in [7, 11) is 0. The quantitative estimate of drug-likeness (QED) is 0.475. The molecule has 2 aliphatic carbocycles. The van der Waals surface area contributed by atoms with Gasteiger partial charge in [0.05, 0.1) is 6.10 Å². The fraction of sp³-hybridized carbons (Fsp3) is 1.00. The molecule has 0 aliphatic heterocycles. The van der Waals surface area contributed by atoms with Crippen molar-refractivity contribution in [3.8, 4) is 0 Å². The fourth-order valence-corrected chi connectivity index (χ4v) is 4.25. The van der Waals surface area contributed by atoms with Crippen molar-refractivity contribution in [3.05, 3.63) is 0 Å². The maximum atomic E-state index is 9.76. The predicted molar refractivity (Wildman–Crippen MR) is 94.4 cm³/mol. The van der Waals surface area contributed by atoms with Crippen molar-refractivity contribution < 1.29 is 14.6 Å². The monoisotopic (exact) mass is 326 g/mol. The Labute approximate surface area is 143 Å². The molecule has 0 atom stereocenters. The van der Waals surface area contributed by atoms with Gasteiger partial charge in [-0.1, -0.05) is 26.7 Å². The van der Waals surface area contributed by atoms with Crippen LogP contribution in [0.1, 0.15) is 90.9 Å². The number of aliphatic hydroxyl groups excluding tert-OH is 1. The van der Waals surface area contributed by atoms with Gasteiger partial charge in [-0.15, -0.1) is 0 Å². The van der Waals surface area contributed by atoms with Crippen LogP contribution >= 0.6 is 0 Å². The summed E-state index contributed by atoms with van der Waals surface area (Å²) in [5.74, 6) is 0.571. The van der Waals surface area contributed by atoms with Gasteiger partial charge in [0.2, 0.25) is 0 Å². The highest BCUT2D eigenvalue weighted by molar-refractivity contribution is 4.90. The van der Waals surface area contributed by atoms with Crippen LogP contribution in [0.5, 0.6) is 0 Å². The lowest BCUT2D eigenvalue weighted by atomic mass is 9.63. The maximum Gasteiger partial charge on any atom is 0.160 e. The van der Waals surface area contributed by atoms with Crippen LogP contribution in [0.4, 0.5) is 0 Å². The molecular weight excluding hydrogens is 288 g/mol. The van der Waals surface area contributed by atoms with Gasteiger partial charge in [0.15, 0.2) is 6.29 Å². The van der Waals surface area contributed by atoms with E-state index in [9.17, 15) is 5.11 Å². The van der Waals surface area contributed by atoms with E-state index in [1.165, 1.54) is 51.4 Å². The zero-order valence-electron chi connectivity index (χ0n) is 15.4. The molecule has 0 amide bonds. The SMILES string of the molecule is CCCCOC(OCCCC)C1CCC2(CCC(O)CC2)CC1. The molecule has 1 N–H and O–H groups in total. The third-order valence-electron chi connectivity index (χ3n) is 6.05. The van der Waals surface area contributed by atoms with Gasteiger partial charge in [0, 0.05) is 19.1 Å². The van der Waals surface area contributed by atoms with Gasteiger partial charge in [-0.2, -0.15) is 0 Å². The lowest BCUT2D eigenvalue weighted by molar-refractivity contribution is -0.184. The van der Waals surface area contributed by atoms with Crippen molar-refractivity contribution >= 4 is 0 Å². The van der Waals surface area contributed by atoms with E-state index in [2.05, 4.69) is 13.8 Å². The highest BCUT2D eigenvalue weighted by atomic mass is 16.7. The van der Waals surface area contributed by atoms with E-state index in [1.54, 1.807) is 0 Å². The molecule has 23 heavy (non-hydrogen) atoms. The zero-order chi connectivity index (χ0) is 16.5. The Morgan fingerprint density at radius 3 is 1.83 bits per heavy atom. The molecule has 0 unspecified atom stereocenters. The lowest BCUT2D eigenvalue weighted by Gasteiger charge is -2.45. The molecule has 0 bridgehead atoms. The Morgan fingerprint density at radius 1 is 0.870 bits per heavy atom. The molecule has 3 nitrogen and oxygen atoms in total. The molecule has 0 aromatic carbocycles. The van der Waals surface area contributed by atoms with E-state index < -0.39 is 0 Å². The van der Waals surface area contributed by atoms with Crippen LogP contribution in [-0.2, 0) is 9.47 Å². The number of unbranched alkanes of at least 4 members (excludes halogenated alkanes) is 2. The van der Waals surface area contributed by atoms with Gasteiger partial charge >= 0.3 is 0 Å². The highest BCUT2D eigenvalue weighted by Crippen LogP contribution is 2.49. The molecule has 2 aliphatic rings. The molecule has 2 saturated carbocycles. The zero-order valence-corrected chi connectivity index (χ0v) is 15.4. The Bertz CT molecular complexity index is 290. The van der Waals surface area contributed by atoms with Crippen LogP contribution < -0.4 is 0 Å². The molecule has 0 radical (unpaired) electrons.